The molecule has 2 rings (SSSR count). The van der Waals surface area contributed by atoms with E-state index in [-0.39, 0.29) is 0 Å². The van der Waals surface area contributed by atoms with Gasteiger partial charge < -0.3 is 15.1 Å². The van der Waals surface area contributed by atoms with Gasteiger partial charge in [-0.1, -0.05) is 0 Å². The first-order valence-electron chi connectivity index (χ1n) is 5.17. The van der Waals surface area contributed by atoms with Crippen LogP contribution >= 0.6 is 0 Å². The summed E-state index contributed by atoms with van der Waals surface area (Å²) in [5.74, 6) is 0.925. The summed E-state index contributed by atoms with van der Waals surface area (Å²) in [6, 6.07) is 5.78. The summed E-state index contributed by atoms with van der Waals surface area (Å²) in [6.07, 6.45) is 5.26. The van der Waals surface area contributed by atoms with Crippen LogP contribution in [0.15, 0.2) is 41.3 Å². The van der Waals surface area contributed by atoms with Crippen LogP contribution in [-0.2, 0) is 13.1 Å². The Morgan fingerprint density at radius 2 is 2.31 bits per heavy atom. The van der Waals surface area contributed by atoms with Crippen molar-refractivity contribution in [2.75, 3.05) is 11.9 Å². The number of aromatic nitrogens is 1. The molecule has 0 atom stereocenters. The van der Waals surface area contributed by atoms with Crippen LogP contribution in [0.3, 0.4) is 0 Å². The van der Waals surface area contributed by atoms with Crippen LogP contribution in [-0.4, -0.2) is 12.0 Å². The van der Waals surface area contributed by atoms with Gasteiger partial charge in [0.05, 0.1) is 24.7 Å². The van der Waals surface area contributed by atoms with E-state index in [2.05, 4.69) is 9.88 Å². The van der Waals surface area contributed by atoms with Crippen molar-refractivity contribution in [3.05, 3.63) is 48.2 Å². The lowest BCUT2D eigenvalue weighted by Gasteiger charge is -2.20. The molecule has 0 saturated carbocycles. The van der Waals surface area contributed by atoms with Crippen molar-refractivity contribution in [1.29, 1.82) is 0 Å². The molecule has 2 aromatic heterocycles. The van der Waals surface area contributed by atoms with Gasteiger partial charge in [-0.15, -0.1) is 0 Å². The molecule has 0 amide bonds. The summed E-state index contributed by atoms with van der Waals surface area (Å²) in [5.41, 5.74) is 7.81. The second-order valence-electron chi connectivity index (χ2n) is 3.64. The molecule has 2 heterocycles. The summed E-state index contributed by atoms with van der Waals surface area (Å²) in [5, 5.41) is 0. The predicted octanol–water partition coefficient (Wildman–Crippen LogP) is 1.77. The van der Waals surface area contributed by atoms with Gasteiger partial charge >= 0.3 is 0 Å². The highest BCUT2D eigenvalue weighted by Gasteiger charge is 2.08. The van der Waals surface area contributed by atoms with Crippen molar-refractivity contribution in [3.8, 4) is 0 Å². The molecular weight excluding hydrogens is 202 g/mol. The van der Waals surface area contributed by atoms with Crippen molar-refractivity contribution in [1.82, 2.24) is 4.98 Å². The number of anilines is 1. The summed E-state index contributed by atoms with van der Waals surface area (Å²) in [6.45, 7) is 1.23. The maximum atomic E-state index is 5.68. The fourth-order valence-electron chi connectivity index (χ4n) is 1.65. The van der Waals surface area contributed by atoms with Gasteiger partial charge in [-0.25, -0.2) is 0 Å². The minimum absolute atomic E-state index is 0.514. The van der Waals surface area contributed by atoms with Gasteiger partial charge in [-0.05, 0) is 23.8 Å². The molecule has 4 heteroatoms. The van der Waals surface area contributed by atoms with E-state index >= 15 is 0 Å². The maximum Gasteiger partial charge on any atom is 0.123 e. The standard InChI is InChI=1S/C12H15N3O/c1-15(9-11-3-2-6-16-11)12-8-14-5-4-10(12)7-13/h2-6,8H,7,9,13H2,1H3. The average Bonchev–Trinajstić information content (AvgIpc) is 2.81. The van der Waals surface area contributed by atoms with E-state index in [4.69, 9.17) is 10.2 Å². The first-order chi connectivity index (χ1) is 7.81. The maximum absolute atomic E-state index is 5.68. The Kier molecular flexibility index (Phi) is 3.22. The number of furan rings is 1. The lowest BCUT2D eigenvalue weighted by atomic mass is 10.2. The zero-order valence-electron chi connectivity index (χ0n) is 9.26. The van der Waals surface area contributed by atoms with E-state index in [0.717, 1.165) is 17.0 Å². The molecule has 0 unspecified atom stereocenters. The molecular formula is C12H15N3O. The van der Waals surface area contributed by atoms with Crippen LogP contribution in [0.4, 0.5) is 5.69 Å². The molecule has 0 aliphatic heterocycles. The van der Waals surface area contributed by atoms with E-state index in [1.807, 2.05) is 31.4 Å². The lowest BCUT2D eigenvalue weighted by molar-refractivity contribution is 0.507. The Morgan fingerprint density at radius 3 is 3.00 bits per heavy atom. The highest BCUT2D eigenvalue weighted by molar-refractivity contribution is 5.50. The minimum atomic E-state index is 0.514. The Balaban J connectivity index is 2.17. The fourth-order valence-corrected chi connectivity index (χ4v) is 1.65. The van der Waals surface area contributed by atoms with Gasteiger partial charge in [0, 0.05) is 19.8 Å². The van der Waals surface area contributed by atoms with Crippen molar-refractivity contribution in [2.24, 2.45) is 5.73 Å². The quantitative estimate of drug-likeness (QED) is 0.848. The molecule has 0 spiro atoms. The number of rotatable bonds is 4. The van der Waals surface area contributed by atoms with Crippen LogP contribution in [0.25, 0.3) is 0 Å². The normalized spacial score (nSPS) is 10.4. The zero-order chi connectivity index (χ0) is 11.4. The van der Waals surface area contributed by atoms with Gasteiger partial charge in [0.15, 0.2) is 0 Å². The molecule has 0 aliphatic rings. The number of nitrogens with zero attached hydrogens (tertiary/aromatic N) is 2. The third-order valence-corrected chi connectivity index (χ3v) is 2.49. The molecule has 2 N–H and O–H groups in total. The molecule has 2 aromatic rings. The summed E-state index contributed by atoms with van der Waals surface area (Å²) in [4.78, 5) is 6.19. The molecule has 0 saturated heterocycles. The first kappa shape index (κ1) is 10.7. The van der Waals surface area contributed by atoms with Crippen molar-refractivity contribution >= 4 is 5.69 Å². The lowest BCUT2D eigenvalue weighted by Crippen LogP contribution is -2.18. The first-order valence-corrected chi connectivity index (χ1v) is 5.17. The number of pyridine rings is 1. The summed E-state index contributed by atoms with van der Waals surface area (Å²) in [7, 11) is 2.00. The second kappa shape index (κ2) is 4.81. The van der Waals surface area contributed by atoms with E-state index in [1.54, 1.807) is 12.5 Å². The Bertz CT molecular complexity index is 439. The fraction of sp³-hybridized carbons (Fsp3) is 0.250. The Hall–Kier alpha value is -1.81. The average molecular weight is 217 g/mol. The third kappa shape index (κ3) is 2.23. The second-order valence-corrected chi connectivity index (χ2v) is 3.64. The van der Waals surface area contributed by atoms with Crippen LogP contribution in [0.5, 0.6) is 0 Å². The van der Waals surface area contributed by atoms with Gasteiger partial charge in [0.1, 0.15) is 5.76 Å². The van der Waals surface area contributed by atoms with Crippen molar-refractivity contribution in [2.45, 2.75) is 13.1 Å². The van der Waals surface area contributed by atoms with Crippen LogP contribution in [0.1, 0.15) is 11.3 Å². The molecule has 0 radical (unpaired) electrons. The van der Waals surface area contributed by atoms with Crippen LogP contribution in [0.2, 0.25) is 0 Å². The van der Waals surface area contributed by atoms with E-state index in [9.17, 15) is 0 Å². The van der Waals surface area contributed by atoms with Gasteiger partial charge in [0.25, 0.3) is 0 Å². The predicted molar refractivity (Wildman–Crippen MR) is 62.9 cm³/mol. The zero-order valence-corrected chi connectivity index (χ0v) is 9.26. The molecule has 0 aromatic carbocycles. The smallest absolute Gasteiger partial charge is 0.123 e. The van der Waals surface area contributed by atoms with Gasteiger partial charge in [-0.2, -0.15) is 0 Å². The summed E-state index contributed by atoms with van der Waals surface area (Å²) < 4.78 is 5.31. The van der Waals surface area contributed by atoms with E-state index in [1.165, 1.54) is 0 Å². The largest absolute Gasteiger partial charge is 0.467 e. The molecule has 16 heavy (non-hydrogen) atoms. The Labute approximate surface area is 94.7 Å². The monoisotopic (exact) mass is 217 g/mol. The molecule has 0 bridgehead atoms. The van der Waals surface area contributed by atoms with E-state index in [0.29, 0.717) is 13.1 Å². The minimum Gasteiger partial charge on any atom is -0.467 e. The molecule has 84 valence electrons. The van der Waals surface area contributed by atoms with Crippen molar-refractivity contribution < 1.29 is 4.42 Å². The third-order valence-electron chi connectivity index (χ3n) is 2.49. The van der Waals surface area contributed by atoms with Gasteiger partial charge in [0.2, 0.25) is 0 Å². The highest BCUT2D eigenvalue weighted by atomic mass is 16.3. The van der Waals surface area contributed by atoms with Gasteiger partial charge in [-0.3, -0.25) is 4.98 Å². The van der Waals surface area contributed by atoms with Crippen LogP contribution in [0, 0.1) is 0 Å². The molecule has 0 fully saturated rings. The number of hydrogen-bond acceptors (Lipinski definition) is 4. The number of hydrogen-bond donors (Lipinski definition) is 1. The topological polar surface area (TPSA) is 55.3 Å². The van der Waals surface area contributed by atoms with Crippen LogP contribution < -0.4 is 10.6 Å². The highest BCUT2D eigenvalue weighted by Crippen LogP contribution is 2.19. The molecule has 0 aliphatic carbocycles. The Morgan fingerprint density at radius 1 is 1.44 bits per heavy atom. The van der Waals surface area contributed by atoms with Crippen molar-refractivity contribution in [3.63, 3.8) is 0 Å². The molecule has 4 nitrogen and oxygen atoms in total. The summed E-state index contributed by atoms with van der Waals surface area (Å²) >= 11 is 0. The SMILES string of the molecule is CN(Cc1ccco1)c1cnccc1CN. The number of nitrogens with two attached hydrogens (primary N) is 1. The van der Waals surface area contributed by atoms with E-state index < -0.39 is 0 Å².